The molecule has 0 aliphatic carbocycles. The fraction of sp³-hybridized carbons (Fsp3) is 0. The van der Waals surface area contributed by atoms with Gasteiger partial charge in [-0.25, -0.2) is 0 Å². The van der Waals surface area contributed by atoms with E-state index in [1.165, 1.54) is 5.82 Å². The number of halogens is 1. The Hall–Kier alpha value is 0.260. The van der Waals surface area contributed by atoms with E-state index < -0.39 is 0 Å². The van der Waals surface area contributed by atoms with E-state index in [1.54, 1.807) is 0 Å². The second kappa shape index (κ2) is 4.26. The maximum Gasteiger partial charge on any atom is 0.0805 e. The molecule has 0 aliphatic heterocycles. The lowest BCUT2D eigenvalue weighted by molar-refractivity contribution is 0.475. The summed E-state index contributed by atoms with van der Waals surface area (Å²) in [6, 6.07) is 0. The zero-order chi connectivity index (χ0) is 4.12. The lowest BCUT2D eigenvalue weighted by atomic mass is 11.2. The maximum absolute atomic E-state index is 7.81. The second-order valence-corrected chi connectivity index (χ2v) is 1.63. The van der Waals surface area contributed by atoms with Gasteiger partial charge in [-0.05, 0) is 5.82 Å². The van der Waals surface area contributed by atoms with Gasteiger partial charge in [0.25, 0.3) is 0 Å². The standard InChI is InChI=1S/C2H4ClOP/c3-5-2-1-4/h1-2,4-5H. The molecule has 0 saturated carbocycles. The third-order valence-corrected chi connectivity index (χ3v) is 0.791. The summed E-state index contributed by atoms with van der Waals surface area (Å²) in [7, 11) is 0.199. The van der Waals surface area contributed by atoms with Crippen LogP contribution < -0.4 is 0 Å². The summed E-state index contributed by atoms with van der Waals surface area (Å²) in [5.41, 5.74) is 0. The van der Waals surface area contributed by atoms with Crippen LogP contribution in [0.3, 0.4) is 0 Å². The minimum Gasteiger partial charge on any atom is -0.516 e. The molecule has 0 amide bonds. The second-order valence-electron chi connectivity index (χ2n) is 0.425. The van der Waals surface area contributed by atoms with Gasteiger partial charge >= 0.3 is 0 Å². The van der Waals surface area contributed by atoms with E-state index in [2.05, 4.69) is 0 Å². The topological polar surface area (TPSA) is 20.2 Å². The molecule has 0 fully saturated rings. The van der Waals surface area contributed by atoms with Gasteiger partial charge in [0.15, 0.2) is 0 Å². The van der Waals surface area contributed by atoms with E-state index in [0.717, 1.165) is 6.26 Å². The van der Waals surface area contributed by atoms with Crippen LogP contribution in [0, 0.1) is 0 Å². The van der Waals surface area contributed by atoms with Crippen LogP contribution in [-0.2, 0) is 0 Å². The van der Waals surface area contributed by atoms with Crippen molar-refractivity contribution >= 4 is 19.2 Å². The molecule has 5 heavy (non-hydrogen) atoms. The Morgan fingerprint density at radius 2 is 2.40 bits per heavy atom. The van der Waals surface area contributed by atoms with Crippen molar-refractivity contribution in [1.82, 2.24) is 0 Å². The van der Waals surface area contributed by atoms with E-state index in [-0.39, 0.29) is 7.93 Å². The molecular formula is C2H4ClOP. The van der Waals surface area contributed by atoms with Crippen LogP contribution in [0.1, 0.15) is 0 Å². The Balaban J connectivity index is 2.62. The Bertz CT molecular complexity index is 36.6. The molecule has 0 rings (SSSR count). The van der Waals surface area contributed by atoms with Gasteiger partial charge in [0.2, 0.25) is 0 Å². The molecule has 0 aromatic rings. The van der Waals surface area contributed by atoms with Crippen molar-refractivity contribution in [3.63, 3.8) is 0 Å². The first-order chi connectivity index (χ1) is 2.41. The number of aliphatic hydroxyl groups is 1. The summed E-state index contributed by atoms with van der Waals surface area (Å²) in [5.74, 6) is 1.47. The van der Waals surface area contributed by atoms with Crippen molar-refractivity contribution in [3.8, 4) is 0 Å². The van der Waals surface area contributed by atoms with Crippen LogP contribution >= 0.6 is 19.2 Å². The minimum absolute atomic E-state index is 0.199. The Morgan fingerprint density at radius 3 is 2.40 bits per heavy atom. The summed E-state index contributed by atoms with van der Waals surface area (Å²) >= 11 is 5.08. The Labute approximate surface area is 37.2 Å². The lowest BCUT2D eigenvalue weighted by Crippen LogP contribution is -1.34. The minimum atomic E-state index is 0.199. The van der Waals surface area contributed by atoms with Crippen molar-refractivity contribution in [2.45, 2.75) is 0 Å². The molecule has 3 heteroatoms. The smallest absolute Gasteiger partial charge is 0.0805 e. The maximum atomic E-state index is 7.81. The quantitative estimate of drug-likeness (QED) is 0.403. The van der Waals surface area contributed by atoms with Gasteiger partial charge in [-0.1, -0.05) is 11.2 Å². The number of hydrogen-bond acceptors (Lipinski definition) is 1. The van der Waals surface area contributed by atoms with Gasteiger partial charge < -0.3 is 5.11 Å². The van der Waals surface area contributed by atoms with Crippen LogP contribution in [0.5, 0.6) is 0 Å². The van der Waals surface area contributed by atoms with Crippen molar-refractivity contribution < 1.29 is 5.11 Å². The third kappa shape index (κ3) is 4.26. The van der Waals surface area contributed by atoms with Gasteiger partial charge in [-0.15, -0.1) is 0 Å². The first kappa shape index (κ1) is 5.26. The van der Waals surface area contributed by atoms with Crippen LogP contribution in [0.15, 0.2) is 12.1 Å². The van der Waals surface area contributed by atoms with Crippen molar-refractivity contribution in [3.05, 3.63) is 12.1 Å². The number of aliphatic hydroxyl groups excluding tert-OH is 1. The SMILES string of the molecule is OC=CPCl. The molecule has 1 N–H and O–H groups in total. The first-order valence-electron chi connectivity index (χ1n) is 1.07. The summed E-state index contributed by atoms with van der Waals surface area (Å²) in [4.78, 5) is 0. The summed E-state index contributed by atoms with van der Waals surface area (Å²) < 4.78 is 0. The van der Waals surface area contributed by atoms with Gasteiger partial charge in [-0.3, -0.25) is 0 Å². The summed E-state index contributed by atoms with van der Waals surface area (Å²) in [5, 5.41) is 7.81. The highest BCUT2D eigenvalue weighted by Crippen LogP contribution is 2.15. The molecule has 0 heterocycles. The van der Waals surface area contributed by atoms with E-state index in [4.69, 9.17) is 16.3 Å². The van der Waals surface area contributed by atoms with Crippen LogP contribution in [-0.4, -0.2) is 5.11 Å². The predicted octanol–water partition coefficient (Wildman–Crippen LogP) is 1.85. The Kier molecular flexibility index (Phi) is 4.48. The van der Waals surface area contributed by atoms with Crippen molar-refractivity contribution in [1.29, 1.82) is 0 Å². The van der Waals surface area contributed by atoms with Crippen LogP contribution in [0.25, 0.3) is 0 Å². The molecule has 1 atom stereocenters. The molecular weight excluding hydrogens is 106 g/mol. The zero-order valence-electron chi connectivity index (χ0n) is 2.48. The molecule has 0 aromatic carbocycles. The molecule has 0 aliphatic rings. The number of hydrogen-bond donors (Lipinski definition) is 1. The molecule has 0 aromatic heterocycles. The van der Waals surface area contributed by atoms with Gasteiger partial charge in [0, 0.05) is 7.93 Å². The zero-order valence-corrected chi connectivity index (χ0v) is 4.24. The van der Waals surface area contributed by atoms with Crippen molar-refractivity contribution in [2.75, 3.05) is 0 Å². The number of rotatable bonds is 1. The average Bonchev–Trinajstić information content (AvgIpc) is 1.41. The van der Waals surface area contributed by atoms with Crippen molar-refractivity contribution in [2.24, 2.45) is 0 Å². The first-order valence-corrected chi connectivity index (χ1v) is 3.16. The summed E-state index contributed by atoms with van der Waals surface area (Å²) in [6.07, 6.45) is 0.936. The molecule has 0 spiro atoms. The molecule has 0 bridgehead atoms. The molecule has 0 saturated heterocycles. The van der Waals surface area contributed by atoms with E-state index >= 15 is 0 Å². The van der Waals surface area contributed by atoms with Gasteiger partial charge in [0.05, 0.1) is 6.26 Å². The van der Waals surface area contributed by atoms with E-state index in [1.807, 2.05) is 0 Å². The largest absolute Gasteiger partial charge is 0.516 e. The Morgan fingerprint density at radius 1 is 1.80 bits per heavy atom. The highest BCUT2D eigenvalue weighted by atomic mass is 35.7. The molecule has 1 unspecified atom stereocenters. The van der Waals surface area contributed by atoms with Gasteiger partial charge in [0.1, 0.15) is 0 Å². The monoisotopic (exact) mass is 110 g/mol. The van der Waals surface area contributed by atoms with E-state index in [9.17, 15) is 0 Å². The van der Waals surface area contributed by atoms with Gasteiger partial charge in [-0.2, -0.15) is 0 Å². The average molecular weight is 110 g/mol. The highest BCUT2D eigenvalue weighted by Gasteiger charge is 1.55. The normalized spacial score (nSPS) is 12.2. The highest BCUT2D eigenvalue weighted by molar-refractivity contribution is 7.71. The molecule has 30 valence electrons. The lowest BCUT2D eigenvalue weighted by Gasteiger charge is -1.63. The van der Waals surface area contributed by atoms with Crippen LogP contribution in [0.4, 0.5) is 0 Å². The fourth-order valence-electron chi connectivity index (χ4n) is 0.0282. The third-order valence-electron chi connectivity index (χ3n) is 0.138. The molecule has 0 radical (unpaired) electrons. The van der Waals surface area contributed by atoms with E-state index in [0.29, 0.717) is 0 Å². The fourth-order valence-corrected chi connectivity index (χ4v) is 0.254. The predicted molar refractivity (Wildman–Crippen MR) is 25.9 cm³/mol. The van der Waals surface area contributed by atoms with Crippen LogP contribution in [0.2, 0.25) is 0 Å². The summed E-state index contributed by atoms with van der Waals surface area (Å²) in [6.45, 7) is 0. The molecule has 1 nitrogen and oxygen atoms in total.